The van der Waals surface area contributed by atoms with Crippen molar-refractivity contribution in [1.82, 2.24) is 20.6 Å². The number of nitrogens with zero attached hydrogens (tertiary/aromatic N) is 2. The monoisotopic (exact) mass is 446 g/mol. The van der Waals surface area contributed by atoms with Crippen LogP contribution in [0.5, 0.6) is 0 Å². The van der Waals surface area contributed by atoms with Gasteiger partial charge in [-0.1, -0.05) is 48.5 Å². The van der Waals surface area contributed by atoms with Crippen molar-refractivity contribution >= 4 is 18.0 Å². The Bertz CT molecular complexity index is 1150. The van der Waals surface area contributed by atoms with Gasteiger partial charge in [-0.05, 0) is 29.2 Å². The number of hydrogen-bond acceptors (Lipinski definition) is 6. The predicted molar refractivity (Wildman–Crippen MR) is 119 cm³/mol. The summed E-state index contributed by atoms with van der Waals surface area (Å²) in [6.07, 6.45) is 1.63. The van der Waals surface area contributed by atoms with E-state index in [2.05, 4.69) is 32.7 Å². The molecule has 1 atom stereocenters. The average molecular weight is 446 g/mol. The lowest BCUT2D eigenvalue weighted by molar-refractivity contribution is -0.122. The van der Waals surface area contributed by atoms with E-state index in [1.165, 1.54) is 6.92 Å². The zero-order valence-corrected chi connectivity index (χ0v) is 17.8. The highest BCUT2D eigenvalue weighted by molar-refractivity contribution is 5.87. The number of alkyl carbamates (subject to hydrolysis) is 1. The van der Waals surface area contributed by atoms with Gasteiger partial charge in [-0.15, -0.1) is 0 Å². The fourth-order valence-electron chi connectivity index (χ4n) is 3.76. The zero-order valence-electron chi connectivity index (χ0n) is 17.8. The molecule has 0 bridgehead atoms. The fraction of sp³-hybridized carbons (Fsp3) is 0.208. The van der Waals surface area contributed by atoms with Gasteiger partial charge >= 0.3 is 12.1 Å². The number of benzene rings is 2. The van der Waals surface area contributed by atoms with Crippen LogP contribution in [0, 0.1) is 0 Å². The highest BCUT2D eigenvalue weighted by atomic mass is 16.5. The van der Waals surface area contributed by atoms with E-state index in [9.17, 15) is 14.4 Å². The van der Waals surface area contributed by atoms with E-state index < -0.39 is 24.0 Å². The van der Waals surface area contributed by atoms with Crippen molar-refractivity contribution in [2.75, 3.05) is 6.61 Å². The predicted octanol–water partition coefficient (Wildman–Crippen LogP) is 2.72. The number of nitrogens with one attached hydrogen (secondary N) is 2. The number of carbonyl (C=O) groups excluding carboxylic acids is 2. The van der Waals surface area contributed by atoms with Crippen LogP contribution in [0.4, 0.5) is 4.79 Å². The summed E-state index contributed by atoms with van der Waals surface area (Å²) in [5.74, 6) is -1.40. The molecule has 0 radical (unpaired) electrons. The quantitative estimate of drug-likeness (QED) is 0.509. The molecule has 3 N–H and O–H groups in total. The van der Waals surface area contributed by atoms with Crippen molar-refractivity contribution in [3.63, 3.8) is 0 Å². The molecule has 9 nitrogen and oxygen atoms in total. The summed E-state index contributed by atoms with van der Waals surface area (Å²) < 4.78 is 5.45. The molecule has 0 fully saturated rings. The first-order valence-electron chi connectivity index (χ1n) is 10.4. The zero-order chi connectivity index (χ0) is 23.4. The summed E-state index contributed by atoms with van der Waals surface area (Å²) >= 11 is 0. The topological polar surface area (TPSA) is 131 Å². The molecule has 0 saturated heterocycles. The molecule has 1 heterocycles. The molecule has 168 valence electrons. The molecule has 1 aliphatic carbocycles. The Labute approximate surface area is 189 Å². The van der Waals surface area contributed by atoms with Gasteiger partial charge in [0, 0.05) is 18.3 Å². The van der Waals surface area contributed by atoms with Gasteiger partial charge in [0.05, 0.1) is 12.1 Å². The van der Waals surface area contributed by atoms with Crippen LogP contribution in [-0.2, 0) is 16.1 Å². The van der Waals surface area contributed by atoms with Crippen LogP contribution in [0.15, 0.2) is 60.9 Å². The molecule has 2 amide bonds. The second kappa shape index (κ2) is 9.47. The van der Waals surface area contributed by atoms with Crippen LogP contribution < -0.4 is 10.6 Å². The molecule has 1 unspecified atom stereocenters. The van der Waals surface area contributed by atoms with Crippen molar-refractivity contribution in [2.24, 2.45) is 0 Å². The van der Waals surface area contributed by atoms with E-state index in [-0.39, 0.29) is 30.5 Å². The SMILES string of the molecule is CC(NC(=O)OCC1c2ccccc2-c2ccccc21)C(=O)NCc1ncc(C(=O)O)cn1. The van der Waals surface area contributed by atoms with Gasteiger partial charge in [0.1, 0.15) is 18.5 Å². The van der Waals surface area contributed by atoms with Crippen molar-refractivity contribution < 1.29 is 24.2 Å². The largest absolute Gasteiger partial charge is 0.478 e. The summed E-state index contributed by atoms with van der Waals surface area (Å²) in [5.41, 5.74) is 4.43. The number of amides is 2. The van der Waals surface area contributed by atoms with E-state index in [1.54, 1.807) is 0 Å². The van der Waals surface area contributed by atoms with Gasteiger partial charge in [0.25, 0.3) is 0 Å². The third-order valence-corrected chi connectivity index (χ3v) is 5.44. The van der Waals surface area contributed by atoms with Crippen LogP contribution in [0.3, 0.4) is 0 Å². The smallest absolute Gasteiger partial charge is 0.407 e. The van der Waals surface area contributed by atoms with Gasteiger partial charge in [-0.3, -0.25) is 4.79 Å². The molecule has 0 spiro atoms. The first-order valence-corrected chi connectivity index (χ1v) is 10.4. The number of rotatable bonds is 7. The van der Waals surface area contributed by atoms with E-state index in [4.69, 9.17) is 9.84 Å². The molecular formula is C24H22N4O5. The number of carbonyl (C=O) groups is 3. The maximum atomic E-state index is 12.3. The maximum absolute atomic E-state index is 12.3. The van der Waals surface area contributed by atoms with Crippen LogP contribution in [0.1, 0.15) is 40.2 Å². The van der Waals surface area contributed by atoms with E-state index in [0.717, 1.165) is 34.6 Å². The summed E-state index contributed by atoms with van der Waals surface area (Å²) in [4.78, 5) is 43.2. The minimum absolute atomic E-state index is 0.00452. The summed E-state index contributed by atoms with van der Waals surface area (Å²) in [7, 11) is 0. The van der Waals surface area contributed by atoms with Crippen molar-refractivity contribution in [1.29, 1.82) is 0 Å². The first kappa shape index (κ1) is 21.9. The van der Waals surface area contributed by atoms with Crippen LogP contribution in [0.25, 0.3) is 11.1 Å². The summed E-state index contributed by atoms with van der Waals surface area (Å²) in [5, 5.41) is 14.0. The lowest BCUT2D eigenvalue weighted by Crippen LogP contribution is -2.45. The molecule has 0 aliphatic heterocycles. The van der Waals surface area contributed by atoms with E-state index >= 15 is 0 Å². The number of carboxylic acids is 1. The number of hydrogen-bond donors (Lipinski definition) is 3. The average Bonchev–Trinajstić information content (AvgIpc) is 3.15. The lowest BCUT2D eigenvalue weighted by Gasteiger charge is -2.17. The van der Waals surface area contributed by atoms with Gasteiger partial charge < -0.3 is 20.5 Å². The van der Waals surface area contributed by atoms with Crippen LogP contribution >= 0.6 is 0 Å². The minimum Gasteiger partial charge on any atom is -0.478 e. The Hall–Kier alpha value is -4.27. The van der Waals surface area contributed by atoms with E-state index in [1.807, 2.05) is 36.4 Å². The second-order valence-electron chi connectivity index (χ2n) is 7.60. The molecule has 4 rings (SSSR count). The molecule has 1 aromatic heterocycles. The molecular weight excluding hydrogens is 424 g/mol. The Kier molecular flexibility index (Phi) is 6.30. The third kappa shape index (κ3) is 4.82. The standard InChI is InChI=1S/C24H22N4O5/c1-14(22(29)27-12-21-25-10-15(11-26-21)23(30)31)28-24(32)33-13-20-18-8-4-2-6-16(18)17-7-3-5-9-19(17)20/h2-11,14,20H,12-13H2,1H3,(H,27,29)(H,28,32)(H,30,31). The molecule has 2 aromatic carbocycles. The van der Waals surface area contributed by atoms with Crippen LogP contribution in [-0.4, -0.2) is 45.7 Å². The number of ether oxygens (including phenoxy) is 1. The second-order valence-corrected chi connectivity index (χ2v) is 7.60. The molecule has 33 heavy (non-hydrogen) atoms. The van der Waals surface area contributed by atoms with Crippen molar-refractivity contribution in [2.45, 2.75) is 25.4 Å². The lowest BCUT2D eigenvalue weighted by atomic mass is 9.98. The third-order valence-electron chi connectivity index (χ3n) is 5.44. The summed E-state index contributed by atoms with van der Waals surface area (Å²) in [6, 6.07) is 15.2. The number of aromatic carboxylic acids is 1. The maximum Gasteiger partial charge on any atom is 0.407 e. The van der Waals surface area contributed by atoms with Crippen molar-refractivity contribution in [3.8, 4) is 11.1 Å². The molecule has 0 saturated carbocycles. The highest BCUT2D eigenvalue weighted by Gasteiger charge is 2.29. The van der Waals surface area contributed by atoms with Gasteiger partial charge in [-0.2, -0.15) is 0 Å². The molecule has 9 heteroatoms. The Balaban J connectivity index is 1.29. The summed E-state index contributed by atoms with van der Waals surface area (Å²) in [6.45, 7) is 1.68. The molecule has 3 aromatic rings. The first-order chi connectivity index (χ1) is 15.9. The highest BCUT2D eigenvalue weighted by Crippen LogP contribution is 2.44. The number of aromatic nitrogens is 2. The Morgan fingerprint density at radius 2 is 1.58 bits per heavy atom. The minimum atomic E-state index is -1.13. The van der Waals surface area contributed by atoms with Gasteiger partial charge in [0.15, 0.2) is 0 Å². The molecule has 1 aliphatic rings. The van der Waals surface area contributed by atoms with Gasteiger partial charge in [-0.25, -0.2) is 19.6 Å². The number of carboxylic acid groups (broad SMARTS) is 1. The Morgan fingerprint density at radius 3 is 2.15 bits per heavy atom. The van der Waals surface area contributed by atoms with E-state index in [0.29, 0.717) is 0 Å². The van der Waals surface area contributed by atoms with Gasteiger partial charge in [0.2, 0.25) is 5.91 Å². The Morgan fingerprint density at radius 1 is 1.00 bits per heavy atom. The van der Waals surface area contributed by atoms with Crippen molar-refractivity contribution in [3.05, 3.63) is 83.4 Å². The fourth-order valence-corrected chi connectivity index (χ4v) is 3.76. The number of fused-ring (bicyclic) bond motifs is 3. The van der Waals surface area contributed by atoms with Crippen LogP contribution in [0.2, 0.25) is 0 Å². The normalized spacial score (nSPS) is 12.9.